The fourth-order valence-corrected chi connectivity index (χ4v) is 1.90. The van der Waals surface area contributed by atoms with E-state index in [1.54, 1.807) is 6.92 Å². The molecule has 0 heterocycles. The first-order chi connectivity index (χ1) is 10.8. The van der Waals surface area contributed by atoms with Gasteiger partial charge in [-0.25, -0.2) is 8.78 Å². The molecule has 2 amide bonds. The zero-order chi connectivity index (χ0) is 17.6. The van der Waals surface area contributed by atoms with Crippen molar-refractivity contribution in [2.75, 3.05) is 6.61 Å². The Hall–Kier alpha value is -2.51. The number of carbonyl (C=O) groups is 3. The number of ether oxygens (including phenoxy) is 1. The summed E-state index contributed by atoms with van der Waals surface area (Å²) >= 11 is 0. The minimum Gasteiger partial charge on any atom is -0.466 e. The highest BCUT2D eigenvalue weighted by molar-refractivity contribution is 5.97. The van der Waals surface area contributed by atoms with Crippen LogP contribution in [0.3, 0.4) is 0 Å². The maximum absolute atomic E-state index is 13.6. The van der Waals surface area contributed by atoms with Gasteiger partial charge >= 0.3 is 5.97 Å². The first-order valence-corrected chi connectivity index (χ1v) is 6.98. The van der Waals surface area contributed by atoms with Crippen LogP contribution in [0.1, 0.15) is 30.6 Å². The number of halogens is 2. The van der Waals surface area contributed by atoms with Crippen LogP contribution in [-0.4, -0.2) is 30.4 Å². The van der Waals surface area contributed by atoms with Crippen LogP contribution in [0.25, 0.3) is 0 Å². The molecule has 8 heteroatoms. The van der Waals surface area contributed by atoms with Crippen LogP contribution in [0.2, 0.25) is 0 Å². The average molecular weight is 328 g/mol. The molecule has 126 valence electrons. The van der Waals surface area contributed by atoms with Gasteiger partial charge in [0.1, 0.15) is 6.04 Å². The van der Waals surface area contributed by atoms with Crippen molar-refractivity contribution in [3.63, 3.8) is 0 Å². The van der Waals surface area contributed by atoms with Gasteiger partial charge in [-0.05, 0) is 25.5 Å². The normalized spacial score (nSPS) is 13.0. The highest BCUT2D eigenvalue weighted by atomic mass is 19.2. The second-order valence-electron chi connectivity index (χ2n) is 4.92. The number of hydrogen-bond acceptors (Lipinski definition) is 4. The van der Waals surface area contributed by atoms with E-state index in [9.17, 15) is 23.2 Å². The minimum atomic E-state index is -1.33. The molecular formula is C15H18F2N2O4. The lowest BCUT2D eigenvalue weighted by molar-refractivity contribution is -0.147. The molecule has 0 spiro atoms. The Kier molecular flexibility index (Phi) is 6.62. The highest BCUT2D eigenvalue weighted by Crippen LogP contribution is 2.13. The van der Waals surface area contributed by atoms with Gasteiger partial charge in [0.25, 0.3) is 5.91 Å². The van der Waals surface area contributed by atoms with E-state index in [0.29, 0.717) is 0 Å². The van der Waals surface area contributed by atoms with E-state index >= 15 is 0 Å². The van der Waals surface area contributed by atoms with Gasteiger partial charge < -0.3 is 15.8 Å². The predicted molar refractivity (Wildman–Crippen MR) is 77.2 cm³/mol. The molecule has 0 aromatic heterocycles. The number of nitrogens with two attached hydrogens (primary N) is 1. The Morgan fingerprint density at radius 3 is 2.52 bits per heavy atom. The number of hydrogen-bond donors (Lipinski definition) is 2. The molecule has 6 nitrogen and oxygen atoms in total. The molecule has 0 radical (unpaired) electrons. The summed E-state index contributed by atoms with van der Waals surface area (Å²) in [4.78, 5) is 34.9. The van der Waals surface area contributed by atoms with Crippen molar-refractivity contribution in [1.82, 2.24) is 5.32 Å². The van der Waals surface area contributed by atoms with Crippen LogP contribution in [0.15, 0.2) is 18.2 Å². The average Bonchev–Trinajstić information content (AvgIpc) is 2.49. The maximum atomic E-state index is 13.6. The van der Waals surface area contributed by atoms with E-state index in [-0.39, 0.29) is 13.0 Å². The monoisotopic (exact) mass is 328 g/mol. The zero-order valence-electron chi connectivity index (χ0n) is 12.8. The van der Waals surface area contributed by atoms with Crippen LogP contribution < -0.4 is 11.1 Å². The molecule has 0 aliphatic heterocycles. The summed E-state index contributed by atoms with van der Waals surface area (Å²) < 4.78 is 31.5. The third-order valence-corrected chi connectivity index (χ3v) is 3.12. The van der Waals surface area contributed by atoms with Gasteiger partial charge in [-0.15, -0.1) is 0 Å². The molecular weight excluding hydrogens is 310 g/mol. The van der Waals surface area contributed by atoms with Gasteiger partial charge in [-0.1, -0.05) is 13.0 Å². The summed E-state index contributed by atoms with van der Waals surface area (Å²) in [5, 5.41) is 2.20. The lowest BCUT2D eigenvalue weighted by atomic mass is 10.0. The van der Waals surface area contributed by atoms with E-state index in [0.717, 1.165) is 18.2 Å². The molecule has 2 atom stereocenters. The van der Waals surface area contributed by atoms with E-state index < -0.39 is 46.9 Å². The summed E-state index contributed by atoms with van der Waals surface area (Å²) in [6.45, 7) is 3.30. The zero-order valence-corrected chi connectivity index (χ0v) is 12.8. The van der Waals surface area contributed by atoms with E-state index in [1.165, 1.54) is 6.92 Å². The second-order valence-corrected chi connectivity index (χ2v) is 4.92. The SMILES string of the molecule is CCOC(=O)[C@H](C)C[C@H](NC(=O)c1cccc(F)c1F)C(N)=O. The summed E-state index contributed by atoms with van der Waals surface area (Å²) in [5.41, 5.74) is 4.62. The van der Waals surface area contributed by atoms with Gasteiger partial charge in [-0.2, -0.15) is 0 Å². The van der Waals surface area contributed by atoms with Crippen molar-refractivity contribution in [2.45, 2.75) is 26.3 Å². The Bertz CT molecular complexity index is 607. The van der Waals surface area contributed by atoms with Crippen molar-refractivity contribution >= 4 is 17.8 Å². The smallest absolute Gasteiger partial charge is 0.308 e. The Morgan fingerprint density at radius 2 is 1.96 bits per heavy atom. The lowest BCUT2D eigenvalue weighted by Crippen LogP contribution is -2.46. The summed E-state index contributed by atoms with van der Waals surface area (Å²) in [5.74, 6) is -5.66. The molecule has 0 saturated heterocycles. The minimum absolute atomic E-state index is 0.114. The third kappa shape index (κ3) is 5.01. The topological polar surface area (TPSA) is 98.5 Å². The molecule has 23 heavy (non-hydrogen) atoms. The van der Waals surface area contributed by atoms with Crippen molar-refractivity contribution in [3.05, 3.63) is 35.4 Å². The second kappa shape index (κ2) is 8.21. The number of esters is 1. The molecule has 0 bridgehead atoms. The van der Waals surface area contributed by atoms with Crippen LogP contribution >= 0.6 is 0 Å². The number of rotatable bonds is 7. The Morgan fingerprint density at radius 1 is 1.30 bits per heavy atom. The first kappa shape index (κ1) is 18.5. The molecule has 3 N–H and O–H groups in total. The van der Waals surface area contributed by atoms with E-state index in [4.69, 9.17) is 10.5 Å². The number of primary amides is 1. The van der Waals surface area contributed by atoms with Crippen molar-refractivity contribution in [2.24, 2.45) is 11.7 Å². The number of benzene rings is 1. The van der Waals surface area contributed by atoms with Crippen molar-refractivity contribution in [3.8, 4) is 0 Å². The Balaban J connectivity index is 2.84. The quantitative estimate of drug-likeness (QED) is 0.733. The van der Waals surface area contributed by atoms with Crippen LogP contribution in [0, 0.1) is 17.6 Å². The van der Waals surface area contributed by atoms with Gasteiger partial charge in [-0.3, -0.25) is 14.4 Å². The third-order valence-electron chi connectivity index (χ3n) is 3.12. The van der Waals surface area contributed by atoms with Crippen LogP contribution in [0.4, 0.5) is 8.78 Å². The fraction of sp³-hybridized carbons (Fsp3) is 0.400. The highest BCUT2D eigenvalue weighted by Gasteiger charge is 2.26. The molecule has 1 aromatic rings. The number of carbonyl (C=O) groups excluding carboxylic acids is 3. The van der Waals surface area contributed by atoms with Crippen LogP contribution in [0.5, 0.6) is 0 Å². The van der Waals surface area contributed by atoms with E-state index in [2.05, 4.69) is 5.32 Å². The Labute approximate surface area is 132 Å². The van der Waals surface area contributed by atoms with Gasteiger partial charge in [0.15, 0.2) is 11.6 Å². The lowest BCUT2D eigenvalue weighted by Gasteiger charge is -2.19. The van der Waals surface area contributed by atoms with Crippen molar-refractivity contribution < 1.29 is 27.9 Å². The van der Waals surface area contributed by atoms with Crippen molar-refractivity contribution in [1.29, 1.82) is 0 Å². The van der Waals surface area contributed by atoms with E-state index in [1.807, 2.05) is 0 Å². The number of amides is 2. The largest absolute Gasteiger partial charge is 0.466 e. The molecule has 0 aliphatic carbocycles. The molecule has 0 aliphatic rings. The van der Waals surface area contributed by atoms with Gasteiger partial charge in [0.2, 0.25) is 5.91 Å². The molecule has 1 aromatic carbocycles. The number of nitrogens with one attached hydrogen (secondary N) is 1. The summed E-state index contributed by atoms with van der Waals surface area (Å²) in [6, 6.07) is 1.87. The van der Waals surface area contributed by atoms with Gasteiger partial charge in [0, 0.05) is 0 Å². The molecule has 0 saturated carbocycles. The predicted octanol–water partition coefficient (Wildman–Crippen LogP) is 1.14. The summed E-state index contributed by atoms with van der Waals surface area (Å²) in [7, 11) is 0. The van der Waals surface area contributed by atoms with Crippen LogP contribution in [-0.2, 0) is 14.3 Å². The fourth-order valence-electron chi connectivity index (χ4n) is 1.90. The molecule has 1 rings (SSSR count). The maximum Gasteiger partial charge on any atom is 0.308 e. The molecule has 0 unspecified atom stereocenters. The summed E-state index contributed by atoms with van der Waals surface area (Å²) in [6.07, 6.45) is -0.114. The molecule has 0 fully saturated rings. The van der Waals surface area contributed by atoms with Gasteiger partial charge in [0.05, 0.1) is 18.1 Å². The standard InChI is InChI=1S/C15H18F2N2O4/c1-3-23-15(22)8(2)7-11(13(18)20)19-14(21)9-5-4-6-10(16)12(9)17/h4-6,8,11H,3,7H2,1-2H3,(H2,18,20)(H,19,21)/t8-,11+/m1/s1. The first-order valence-electron chi connectivity index (χ1n) is 6.98.